The van der Waals surface area contributed by atoms with Gasteiger partial charge in [0.25, 0.3) is 0 Å². The lowest BCUT2D eigenvalue weighted by molar-refractivity contribution is -0.359. The van der Waals surface area contributed by atoms with E-state index in [-0.39, 0.29) is 18.9 Å². The molecule has 0 radical (unpaired) electrons. The Morgan fingerprint density at radius 1 is 0.430 bits per heavy atom. The van der Waals surface area contributed by atoms with E-state index in [1.165, 1.54) is 128 Å². The number of amides is 1. The van der Waals surface area contributed by atoms with Crippen LogP contribution in [0.15, 0.2) is 109 Å². The quantitative estimate of drug-likeness (QED) is 0.0204. The van der Waals surface area contributed by atoms with Crippen molar-refractivity contribution in [3.05, 3.63) is 109 Å². The highest BCUT2D eigenvalue weighted by atomic mass is 16.7. The highest BCUT2D eigenvalue weighted by molar-refractivity contribution is 5.76. The summed E-state index contributed by atoms with van der Waals surface area (Å²) in [5.41, 5.74) is 0. The number of nitrogens with one attached hydrogen (secondary N) is 1. The van der Waals surface area contributed by atoms with Crippen molar-refractivity contribution in [1.82, 2.24) is 5.32 Å². The lowest BCUT2D eigenvalue weighted by atomic mass is 9.97. The van der Waals surface area contributed by atoms with Crippen molar-refractivity contribution in [2.45, 2.75) is 319 Å². The van der Waals surface area contributed by atoms with Crippen LogP contribution in [0.3, 0.4) is 0 Å². The van der Waals surface area contributed by atoms with Gasteiger partial charge in [0.2, 0.25) is 5.91 Å². The first kappa shape index (κ1) is 78.7. The van der Waals surface area contributed by atoms with Crippen LogP contribution in [0.1, 0.15) is 245 Å². The van der Waals surface area contributed by atoms with Crippen LogP contribution < -0.4 is 5.32 Å². The van der Waals surface area contributed by atoms with E-state index in [9.17, 15) is 45.6 Å². The molecular formula is C72H123NO13. The van der Waals surface area contributed by atoms with Gasteiger partial charge in [-0.3, -0.25) is 4.79 Å². The molecule has 2 heterocycles. The summed E-state index contributed by atoms with van der Waals surface area (Å²) in [6.07, 6.45) is 62.8. The van der Waals surface area contributed by atoms with Crippen molar-refractivity contribution in [1.29, 1.82) is 0 Å². The summed E-state index contributed by atoms with van der Waals surface area (Å²) >= 11 is 0. The SMILES string of the molecule is CC/C=C\C/C=C\C/C=C\C/C=C\C/C=C\C/C=C\CCCCCCCCCCCCCCCCC(=O)NC(COC1OC(CO)C(OC2OC(CO)C(O)C(O)C2O)C(O)C1O)C(O)/C=C/CC/C=C/CC/C=C/CCCCCCCCCCC. The average molecular weight is 1210 g/mol. The van der Waals surface area contributed by atoms with E-state index in [0.717, 1.165) is 83.5 Å². The maximum absolute atomic E-state index is 13.3. The van der Waals surface area contributed by atoms with Crippen molar-refractivity contribution < 1.29 is 64.6 Å². The van der Waals surface area contributed by atoms with E-state index in [0.29, 0.717) is 12.8 Å². The van der Waals surface area contributed by atoms with Gasteiger partial charge in [0, 0.05) is 6.42 Å². The van der Waals surface area contributed by atoms with E-state index in [4.69, 9.17) is 18.9 Å². The number of aliphatic hydroxyl groups is 8. The number of carbonyl (C=O) groups excluding carboxylic acids is 1. The molecule has 2 rings (SSSR count). The molecule has 0 aromatic heterocycles. The smallest absolute Gasteiger partial charge is 0.220 e. The summed E-state index contributed by atoms with van der Waals surface area (Å²) in [5, 5.41) is 87.3. The molecule has 14 nitrogen and oxygen atoms in total. The fourth-order valence-electron chi connectivity index (χ4n) is 10.5. The van der Waals surface area contributed by atoms with Crippen LogP contribution in [0.4, 0.5) is 0 Å². The van der Waals surface area contributed by atoms with Crippen molar-refractivity contribution in [2.75, 3.05) is 19.8 Å². The Balaban J connectivity index is 1.68. The van der Waals surface area contributed by atoms with Gasteiger partial charge in [0.05, 0.1) is 32.0 Å². The lowest BCUT2D eigenvalue weighted by Gasteiger charge is -2.46. The Bertz CT molecular complexity index is 1860. The zero-order valence-electron chi connectivity index (χ0n) is 53.5. The summed E-state index contributed by atoms with van der Waals surface area (Å²) in [5.74, 6) is -0.257. The van der Waals surface area contributed by atoms with Gasteiger partial charge in [-0.05, 0) is 96.3 Å². The summed E-state index contributed by atoms with van der Waals surface area (Å²) < 4.78 is 22.8. The van der Waals surface area contributed by atoms with Crippen molar-refractivity contribution >= 4 is 5.91 Å². The van der Waals surface area contributed by atoms with Crippen molar-refractivity contribution in [2.24, 2.45) is 0 Å². The maximum Gasteiger partial charge on any atom is 0.220 e. The van der Waals surface area contributed by atoms with Gasteiger partial charge in [-0.2, -0.15) is 0 Å². The Hall–Kier alpha value is -3.35. The minimum atomic E-state index is -1.80. The topological polar surface area (TPSA) is 228 Å². The first-order valence-electron chi connectivity index (χ1n) is 34.1. The molecule has 0 aromatic carbocycles. The van der Waals surface area contributed by atoms with E-state index in [1.807, 2.05) is 6.08 Å². The van der Waals surface area contributed by atoms with E-state index < -0.39 is 86.8 Å². The van der Waals surface area contributed by atoms with E-state index in [2.05, 4.69) is 116 Å². The zero-order valence-corrected chi connectivity index (χ0v) is 53.5. The number of ether oxygens (including phenoxy) is 4. The standard InChI is InChI=1S/C72H123NO13/c1-3-5-7-9-11-13-15-17-19-21-23-24-25-26-27-28-29-30-31-32-33-34-35-36-38-40-42-44-46-48-50-52-54-56-64(77)73-60(61(76)55-53-51-49-47-45-43-41-39-37-22-20-18-16-14-12-10-8-6-4-2)59-83-71-69(82)67(80)70(63(58-75)85-71)86-72-68(81)66(79)65(78)62(57-74)84-72/h5,7,11,13,17,19,23-24,26-27,29-30,37,39,45,47,53,55,60-63,65-72,74-76,78-82H,3-4,6,8-10,12,14-16,18,20-22,25,28,31-36,38,40-44,46,48-52,54,56-59H2,1-2H3,(H,73,77)/b7-5-,13-11-,19-17-,24-23-,27-26-,30-29-,39-37+,47-45+,55-53+. The second-order valence-corrected chi connectivity index (χ2v) is 23.5. The van der Waals surface area contributed by atoms with Crippen molar-refractivity contribution in [3.8, 4) is 0 Å². The summed E-state index contributed by atoms with van der Waals surface area (Å²) in [7, 11) is 0. The third-order valence-corrected chi connectivity index (χ3v) is 15.9. The second kappa shape index (κ2) is 55.7. The summed E-state index contributed by atoms with van der Waals surface area (Å²) in [6.45, 7) is 2.66. The molecule has 14 heteroatoms. The molecule has 12 unspecified atom stereocenters. The Labute approximate surface area is 521 Å². The second-order valence-electron chi connectivity index (χ2n) is 23.5. The van der Waals surface area contributed by atoms with E-state index in [1.54, 1.807) is 6.08 Å². The summed E-state index contributed by atoms with van der Waals surface area (Å²) in [4.78, 5) is 13.3. The molecule has 0 aliphatic carbocycles. The highest BCUT2D eigenvalue weighted by Gasteiger charge is 2.51. The summed E-state index contributed by atoms with van der Waals surface area (Å²) in [6, 6.07) is -0.945. The van der Waals surface area contributed by atoms with Crippen LogP contribution in [0.25, 0.3) is 0 Å². The molecule has 2 aliphatic heterocycles. The van der Waals surface area contributed by atoms with Gasteiger partial charge in [0.1, 0.15) is 48.8 Å². The van der Waals surface area contributed by atoms with Crippen LogP contribution >= 0.6 is 0 Å². The number of unbranched alkanes of at least 4 members (excludes halogenated alkanes) is 25. The van der Waals surface area contributed by atoms with Gasteiger partial charge in [-0.1, -0.05) is 252 Å². The molecule has 86 heavy (non-hydrogen) atoms. The molecule has 2 fully saturated rings. The molecule has 0 saturated carbocycles. The van der Waals surface area contributed by atoms with Crippen LogP contribution in [0, 0.1) is 0 Å². The van der Waals surface area contributed by atoms with Gasteiger partial charge in [-0.25, -0.2) is 0 Å². The molecule has 1 amide bonds. The van der Waals surface area contributed by atoms with Crippen molar-refractivity contribution in [3.63, 3.8) is 0 Å². The van der Waals surface area contributed by atoms with Gasteiger partial charge in [0.15, 0.2) is 12.6 Å². The molecule has 9 N–H and O–H groups in total. The molecule has 0 bridgehead atoms. The maximum atomic E-state index is 13.3. The fraction of sp³-hybridized carbons (Fsp3) is 0.736. The van der Waals surface area contributed by atoms with Crippen LogP contribution in [-0.4, -0.2) is 140 Å². The number of allylic oxidation sites excluding steroid dienone is 17. The normalized spacial score (nSPS) is 24.1. The predicted molar refractivity (Wildman–Crippen MR) is 350 cm³/mol. The molecule has 2 saturated heterocycles. The molecule has 2 aliphatic rings. The Morgan fingerprint density at radius 2 is 0.814 bits per heavy atom. The molecular weight excluding hydrogens is 1090 g/mol. The number of hydrogen-bond donors (Lipinski definition) is 9. The number of carbonyl (C=O) groups is 1. The van der Waals surface area contributed by atoms with Gasteiger partial charge in [-0.15, -0.1) is 0 Å². The predicted octanol–water partition coefficient (Wildman–Crippen LogP) is 13.6. The zero-order chi connectivity index (χ0) is 62.3. The number of hydrogen-bond acceptors (Lipinski definition) is 13. The number of rotatable bonds is 54. The van der Waals surface area contributed by atoms with Gasteiger partial charge < -0.3 is 65.1 Å². The largest absolute Gasteiger partial charge is 0.394 e. The third-order valence-electron chi connectivity index (χ3n) is 15.9. The first-order chi connectivity index (χ1) is 42.1. The molecule has 0 spiro atoms. The molecule has 494 valence electrons. The third kappa shape index (κ3) is 39.6. The lowest BCUT2D eigenvalue weighted by Crippen LogP contribution is -2.65. The molecule has 12 atom stereocenters. The Kier molecular flexibility index (Phi) is 51.0. The molecule has 0 aromatic rings. The first-order valence-corrected chi connectivity index (χ1v) is 34.1. The van der Waals surface area contributed by atoms with Gasteiger partial charge >= 0.3 is 0 Å². The highest BCUT2D eigenvalue weighted by Crippen LogP contribution is 2.30. The van der Waals surface area contributed by atoms with E-state index >= 15 is 0 Å². The minimum absolute atomic E-state index is 0.257. The van der Waals surface area contributed by atoms with Crippen LogP contribution in [-0.2, 0) is 23.7 Å². The minimum Gasteiger partial charge on any atom is -0.394 e. The average Bonchev–Trinajstić information content (AvgIpc) is 2.63. The Morgan fingerprint density at radius 3 is 1.28 bits per heavy atom. The van der Waals surface area contributed by atoms with Crippen LogP contribution in [0.5, 0.6) is 0 Å². The fourth-order valence-corrected chi connectivity index (χ4v) is 10.5. The van der Waals surface area contributed by atoms with Crippen LogP contribution in [0.2, 0.25) is 0 Å². The monoisotopic (exact) mass is 1210 g/mol. The number of aliphatic hydroxyl groups excluding tert-OH is 8.